The number of benzene rings is 1. The molecular weight excluding hydrogens is 356 g/mol. The maximum atomic E-state index is 12.3. The minimum atomic E-state index is -0.144. The molecule has 1 amide bonds. The highest BCUT2D eigenvalue weighted by atomic mass is 32.2. The van der Waals surface area contributed by atoms with Gasteiger partial charge < -0.3 is 9.80 Å². The maximum absolute atomic E-state index is 12.3. The molecule has 0 saturated carbocycles. The minimum Gasteiger partial charge on any atom is -0.339 e. The van der Waals surface area contributed by atoms with Crippen LogP contribution >= 0.6 is 11.8 Å². The number of quaternary nitrogens is 1. The van der Waals surface area contributed by atoms with Crippen molar-refractivity contribution in [3.05, 3.63) is 40.3 Å². The Morgan fingerprint density at radius 1 is 1.26 bits per heavy atom. The number of rotatable bonds is 3. The Morgan fingerprint density at radius 3 is 2.52 bits per heavy atom. The lowest BCUT2D eigenvalue weighted by atomic mass is 9.87. The standard InChI is InChI=1S/C21H26N4OS/c1-21(2,3)17-7-5-16(6-8-17)15-18-19(26)23-20(27-18)25-13-11-24(12-14-25)10-4-9-22/h5-8,15H,4,10-14H2,1-3H3/p+1/b18-15-. The first-order valence-electron chi connectivity index (χ1n) is 9.45. The van der Waals surface area contributed by atoms with Crippen molar-refractivity contribution in [1.82, 2.24) is 4.90 Å². The second-order valence-corrected chi connectivity index (χ2v) is 9.09. The molecular formula is C21H27N4OS+. The molecule has 1 N–H and O–H groups in total. The van der Waals surface area contributed by atoms with Crippen LogP contribution in [0.25, 0.3) is 6.08 Å². The summed E-state index contributed by atoms with van der Waals surface area (Å²) in [5, 5.41) is 9.53. The monoisotopic (exact) mass is 383 g/mol. The molecule has 2 aliphatic heterocycles. The Morgan fingerprint density at radius 2 is 1.93 bits per heavy atom. The fourth-order valence-electron chi connectivity index (χ4n) is 3.26. The van der Waals surface area contributed by atoms with E-state index in [4.69, 9.17) is 5.26 Å². The number of hydrogen-bond acceptors (Lipinski definition) is 4. The first kappa shape index (κ1) is 19.7. The van der Waals surface area contributed by atoms with Gasteiger partial charge in [-0.1, -0.05) is 45.0 Å². The van der Waals surface area contributed by atoms with Crippen molar-refractivity contribution in [2.75, 3.05) is 32.7 Å². The lowest BCUT2D eigenvalue weighted by molar-refractivity contribution is -0.903. The number of carbonyl (C=O) groups is 1. The smallest absolute Gasteiger partial charge is 0.286 e. The first-order valence-corrected chi connectivity index (χ1v) is 10.3. The molecule has 3 rings (SSSR count). The predicted molar refractivity (Wildman–Crippen MR) is 111 cm³/mol. The quantitative estimate of drug-likeness (QED) is 0.812. The first-order chi connectivity index (χ1) is 12.9. The zero-order chi connectivity index (χ0) is 19.4. The number of aliphatic imine (C=N–C) groups is 1. The summed E-state index contributed by atoms with van der Waals surface area (Å²) in [6, 6.07) is 10.6. The summed E-state index contributed by atoms with van der Waals surface area (Å²) in [6.45, 7) is 11.2. The van der Waals surface area contributed by atoms with Crippen LogP contribution in [-0.4, -0.2) is 48.7 Å². The van der Waals surface area contributed by atoms with Gasteiger partial charge in [0.25, 0.3) is 5.91 Å². The largest absolute Gasteiger partial charge is 0.339 e. The van der Waals surface area contributed by atoms with Crippen molar-refractivity contribution in [3.63, 3.8) is 0 Å². The van der Waals surface area contributed by atoms with Crippen LogP contribution in [0.5, 0.6) is 0 Å². The van der Waals surface area contributed by atoms with Crippen molar-refractivity contribution in [3.8, 4) is 6.07 Å². The topological polar surface area (TPSA) is 60.9 Å². The van der Waals surface area contributed by atoms with Crippen molar-refractivity contribution in [2.24, 2.45) is 4.99 Å². The van der Waals surface area contributed by atoms with E-state index in [-0.39, 0.29) is 11.3 Å². The third-order valence-corrected chi connectivity index (χ3v) is 6.06. The molecule has 1 saturated heterocycles. The molecule has 1 fully saturated rings. The molecule has 6 heteroatoms. The second kappa shape index (κ2) is 8.28. The van der Waals surface area contributed by atoms with Crippen molar-refractivity contribution in [2.45, 2.75) is 32.6 Å². The van der Waals surface area contributed by atoms with E-state index in [2.05, 4.69) is 61.0 Å². The molecule has 27 heavy (non-hydrogen) atoms. The van der Waals surface area contributed by atoms with Crippen LogP contribution in [0.4, 0.5) is 0 Å². The number of piperazine rings is 1. The van der Waals surface area contributed by atoms with E-state index < -0.39 is 0 Å². The van der Waals surface area contributed by atoms with Crippen LogP contribution in [0.1, 0.15) is 38.3 Å². The van der Waals surface area contributed by atoms with Crippen LogP contribution in [0.3, 0.4) is 0 Å². The third-order valence-electron chi connectivity index (χ3n) is 5.02. The Hall–Kier alpha value is -2.10. The molecule has 0 unspecified atom stereocenters. The SMILES string of the molecule is CC(C)(C)c1ccc(/C=C2\SC(N3CC[NH+](CCC#N)CC3)=NC2=O)cc1. The van der Waals surface area contributed by atoms with E-state index in [1.807, 2.05) is 6.08 Å². The Balaban J connectivity index is 1.61. The Kier molecular flexibility index (Phi) is 6.03. The van der Waals surface area contributed by atoms with Gasteiger partial charge >= 0.3 is 0 Å². The zero-order valence-electron chi connectivity index (χ0n) is 16.3. The average molecular weight is 384 g/mol. The summed E-state index contributed by atoms with van der Waals surface area (Å²) in [6.07, 6.45) is 2.54. The van der Waals surface area contributed by atoms with E-state index in [1.165, 1.54) is 22.2 Å². The molecule has 2 aliphatic rings. The lowest BCUT2D eigenvalue weighted by Gasteiger charge is -2.32. The van der Waals surface area contributed by atoms with Gasteiger partial charge in [-0.2, -0.15) is 10.3 Å². The van der Waals surface area contributed by atoms with E-state index in [0.717, 1.165) is 43.5 Å². The number of amidine groups is 1. The zero-order valence-corrected chi connectivity index (χ0v) is 17.1. The number of nitrogens with one attached hydrogen (secondary N) is 1. The highest BCUT2D eigenvalue weighted by Gasteiger charge is 2.29. The fraction of sp³-hybridized carbons (Fsp3) is 0.476. The van der Waals surface area contributed by atoms with Gasteiger partial charge in [0.15, 0.2) is 5.17 Å². The number of nitriles is 1. The average Bonchev–Trinajstić information content (AvgIpc) is 3.00. The molecule has 0 radical (unpaired) electrons. The normalized spacial score (nSPS) is 20.1. The Bertz CT molecular complexity index is 791. The van der Waals surface area contributed by atoms with Gasteiger partial charge in [-0.25, -0.2) is 0 Å². The lowest BCUT2D eigenvalue weighted by Crippen LogP contribution is -3.14. The van der Waals surface area contributed by atoms with Crippen molar-refractivity contribution < 1.29 is 9.69 Å². The van der Waals surface area contributed by atoms with Gasteiger partial charge in [-0.15, -0.1) is 0 Å². The molecule has 0 bridgehead atoms. The van der Waals surface area contributed by atoms with Crippen LogP contribution in [0.15, 0.2) is 34.2 Å². The summed E-state index contributed by atoms with van der Waals surface area (Å²) in [5.74, 6) is -0.144. The third kappa shape index (κ3) is 5.00. The van der Waals surface area contributed by atoms with Crippen molar-refractivity contribution >= 4 is 28.9 Å². The molecule has 0 aromatic heterocycles. The van der Waals surface area contributed by atoms with Gasteiger partial charge in [0, 0.05) is 0 Å². The van der Waals surface area contributed by atoms with Crippen molar-refractivity contribution in [1.29, 1.82) is 5.26 Å². The highest BCUT2D eigenvalue weighted by Crippen LogP contribution is 2.31. The van der Waals surface area contributed by atoms with Crippen LogP contribution < -0.4 is 4.90 Å². The maximum Gasteiger partial charge on any atom is 0.286 e. The fourth-order valence-corrected chi connectivity index (χ4v) is 4.23. The van der Waals surface area contributed by atoms with Crippen LogP contribution in [0.2, 0.25) is 0 Å². The van der Waals surface area contributed by atoms with E-state index in [1.54, 1.807) is 0 Å². The van der Waals surface area contributed by atoms with Gasteiger partial charge in [0.2, 0.25) is 0 Å². The summed E-state index contributed by atoms with van der Waals surface area (Å²) >= 11 is 1.47. The molecule has 1 aromatic carbocycles. The van der Waals surface area contributed by atoms with Gasteiger partial charge in [-0.05, 0) is 34.4 Å². The molecule has 5 nitrogen and oxygen atoms in total. The number of hydrogen-bond donors (Lipinski definition) is 1. The van der Waals surface area contributed by atoms with Gasteiger partial charge in [0.1, 0.15) is 0 Å². The van der Waals surface area contributed by atoms with E-state index in [9.17, 15) is 4.79 Å². The summed E-state index contributed by atoms with van der Waals surface area (Å²) in [4.78, 5) is 20.9. The number of thioether (sulfide) groups is 1. The van der Waals surface area contributed by atoms with Crippen LogP contribution in [-0.2, 0) is 10.2 Å². The van der Waals surface area contributed by atoms with E-state index >= 15 is 0 Å². The van der Waals surface area contributed by atoms with Crippen LogP contribution in [0, 0.1) is 11.3 Å². The highest BCUT2D eigenvalue weighted by molar-refractivity contribution is 8.18. The van der Waals surface area contributed by atoms with Gasteiger partial charge in [0.05, 0.1) is 50.1 Å². The Labute approximate surface area is 165 Å². The molecule has 1 aromatic rings. The summed E-state index contributed by atoms with van der Waals surface area (Å²) < 4.78 is 0. The summed E-state index contributed by atoms with van der Waals surface area (Å²) in [5.41, 5.74) is 2.43. The molecule has 0 atom stereocenters. The van der Waals surface area contributed by atoms with E-state index in [0.29, 0.717) is 11.3 Å². The predicted octanol–water partition coefficient (Wildman–Crippen LogP) is 2.07. The summed E-state index contributed by atoms with van der Waals surface area (Å²) in [7, 11) is 0. The number of nitrogens with zero attached hydrogens (tertiary/aromatic N) is 3. The molecule has 142 valence electrons. The number of amides is 1. The number of carbonyl (C=O) groups excluding carboxylic acids is 1. The second-order valence-electron chi connectivity index (χ2n) is 8.08. The molecule has 0 aliphatic carbocycles. The molecule has 0 spiro atoms. The minimum absolute atomic E-state index is 0.122. The van der Waals surface area contributed by atoms with Gasteiger partial charge in [-0.3, -0.25) is 4.79 Å². The molecule has 2 heterocycles.